The van der Waals surface area contributed by atoms with Crippen molar-refractivity contribution in [3.8, 4) is 0 Å². The van der Waals surface area contributed by atoms with Crippen LogP contribution in [0.15, 0.2) is 18.2 Å². The van der Waals surface area contributed by atoms with Crippen molar-refractivity contribution in [3.05, 3.63) is 34.6 Å². The number of alkyl halides is 3. The maximum Gasteiger partial charge on any atom is 0.391 e. The Bertz CT molecular complexity index is 527. The highest BCUT2D eigenvalue weighted by molar-refractivity contribution is 6.31. The van der Waals surface area contributed by atoms with Gasteiger partial charge in [0.1, 0.15) is 11.6 Å². The molecular weight excluding hydrogens is 308 g/mol. The molecule has 1 aliphatic rings. The summed E-state index contributed by atoms with van der Waals surface area (Å²) in [6.07, 6.45) is -3.48. The summed E-state index contributed by atoms with van der Waals surface area (Å²) in [7, 11) is 0. The minimum Gasteiger partial charge on any atom is -0.299 e. The van der Waals surface area contributed by atoms with E-state index in [1.807, 2.05) is 0 Å². The molecule has 1 aliphatic carbocycles. The van der Waals surface area contributed by atoms with Crippen LogP contribution in [0.1, 0.15) is 31.2 Å². The van der Waals surface area contributed by atoms with Crippen molar-refractivity contribution in [1.82, 2.24) is 0 Å². The average Bonchev–Trinajstić information content (AvgIpc) is 2.41. The van der Waals surface area contributed by atoms with Crippen molar-refractivity contribution < 1.29 is 22.4 Å². The van der Waals surface area contributed by atoms with Crippen LogP contribution in [0.3, 0.4) is 0 Å². The van der Waals surface area contributed by atoms with Crippen molar-refractivity contribution in [3.63, 3.8) is 0 Å². The number of carbonyl (C=O) groups is 1. The van der Waals surface area contributed by atoms with Gasteiger partial charge in [-0.25, -0.2) is 4.39 Å². The van der Waals surface area contributed by atoms with E-state index in [0.29, 0.717) is 18.4 Å². The number of hydrogen-bond acceptors (Lipinski definition) is 1. The number of ketones is 1. The lowest BCUT2D eigenvalue weighted by Crippen LogP contribution is -2.32. The molecule has 0 aromatic heterocycles. The third-order valence-corrected chi connectivity index (χ3v) is 4.32. The summed E-state index contributed by atoms with van der Waals surface area (Å²) in [5.74, 6) is -2.75. The maximum atomic E-state index is 12.9. The normalized spacial score (nSPS) is 23.1. The van der Waals surface area contributed by atoms with E-state index in [2.05, 4.69) is 0 Å². The highest BCUT2D eigenvalue weighted by Crippen LogP contribution is 2.40. The predicted octanol–water partition coefficient (Wildman–Crippen LogP) is 4.96. The summed E-state index contributed by atoms with van der Waals surface area (Å²) in [4.78, 5) is 12.2. The molecule has 1 fully saturated rings. The molecule has 2 unspecified atom stereocenters. The monoisotopic (exact) mass is 322 g/mol. The number of Topliss-reactive ketones (excluding diaryl/α,β-unsaturated/α-hetero) is 1. The Hall–Kier alpha value is -1.10. The van der Waals surface area contributed by atoms with E-state index in [1.54, 1.807) is 0 Å². The second-order valence-corrected chi connectivity index (χ2v) is 5.89. The minimum absolute atomic E-state index is 0.0473. The van der Waals surface area contributed by atoms with Gasteiger partial charge in [0.25, 0.3) is 0 Å². The summed E-state index contributed by atoms with van der Waals surface area (Å²) >= 11 is 5.84. The Morgan fingerprint density at radius 1 is 1.29 bits per heavy atom. The Morgan fingerprint density at radius 2 is 2.00 bits per heavy atom. The van der Waals surface area contributed by atoms with Crippen molar-refractivity contribution in [2.45, 2.75) is 38.3 Å². The zero-order valence-electron chi connectivity index (χ0n) is 11.2. The molecule has 1 saturated carbocycles. The number of carbonyl (C=O) groups excluding carboxylic acids is 1. The third kappa shape index (κ3) is 4.19. The van der Waals surface area contributed by atoms with Crippen LogP contribution < -0.4 is 0 Å². The van der Waals surface area contributed by atoms with E-state index in [1.165, 1.54) is 12.1 Å². The molecule has 21 heavy (non-hydrogen) atoms. The molecule has 6 heteroatoms. The predicted molar refractivity (Wildman–Crippen MR) is 71.6 cm³/mol. The Morgan fingerprint density at radius 3 is 2.62 bits per heavy atom. The topological polar surface area (TPSA) is 17.1 Å². The van der Waals surface area contributed by atoms with Gasteiger partial charge >= 0.3 is 6.18 Å². The largest absolute Gasteiger partial charge is 0.391 e. The van der Waals surface area contributed by atoms with Crippen molar-refractivity contribution >= 4 is 17.4 Å². The molecule has 0 heterocycles. The molecule has 0 aliphatic heterocycles. The summed E-state index contributed by atoms with van der Waals surface area (Å²) < 4.78 is 51.1. The first kappa shape index (κ1) is 16.3. The maximum absolute atomic E-state index is 12.9. The fourth-order valence-electron chi connectivity index (χ4n) is 2.78. The summed E-state index contributed by atoms with van der Waals surface area (Å²) in [5.41, 5.74) is 0.456. The second-order valence-electron chi connectivity index (χ2n) is 5.48. The minimum atomic E-state index is -4.24. The number of rotatable bonds is 3. The Labute approximate surface area is 125 Å². The van der Waals surface area contributed by atoms with Crippen molar-refractivity contribution in [1.29, 1.82) is 0 Å². The van der Waals surface area contributed by atoms with Crippen LogP contribution in [0, 0.1) is 17.7 Å². The molecule has 2 rings (SSSR count). The van der Waals surface area contributed by atoms with Crippen LogP contribution in [-0.4, -0.2) is 12.0 Å². The van der Waals surface area contributed by atoms with E-state index in [4.69, 9.17) is 11.6 Å². The highest BCUT2D eigenvalue weighted by atomic mass is 35.5. The van der Waals surface area contributed by atoms with Gasteiger partial charge in [-0.3, -0.25) is 4.79 Å². The van der Waals surface area contributed by atoms with E-state index >= 15 is 0 Å². The van der Waals surface area contributed by atoms with Crippen LogP contribution in [-0.2, 0) is 11.2 Å². The lowest BCUT2D eigenvalue weighted by molar-refractivity contribution is -0.186. The Kier molecular flexibility index (Phi) is 4.91. The first-order valence-electron chi connectivity index (χ1n) is 6.80. The molecule has 2 atom stereocenters. The molecule has 1 nitrogen and oxygen atoms in total. The van der Waals surface area contributed by atoms with Gasteiger partial charge in [0.2, 0.25) is 0 Å². The quantitative estimate of drug-likeness (QED) is 0.719. The third-order valence-electron chi connectivity index (χ3n) is 3.97. The molecule has 0 amide bonds. The zero-order chi connectivity index (χ0) is 15.6. The second kappa shape index (κ2) is 6.34. The molecule has 1 aromatic carbocycles. The van der Waals surface area contributed by atoms with Crippen molar-refractivity contribution in [2.75, 3.05) is 0 Å². The molecule has 116 valence electrons. The molecule has 0 spiro atoms. The smallest absolute Gasteiger partial charge is 0.299 e. The first-order valence-corrected chi connectivity index (χ1v) is 7.18. The van der Waals surface area contributed by atoms with Crippen LogP contribution in [0.5, 0.6) is 0 Å². The molecule has 0 N–H and O–H groups in total. The van der Waals surface area contributed by atoms with Crippen LogP contribution in [0.4, 0.5) is 17.6 Å². The van der Waals surface area contributed by atoms with Gasteiger partial charge < -0.3 is 0 Å². The van der Waals surface area contributed by atoms with E-state index in [9.17, 15) is 22.4 Å². The van der Waals surface area contributed by atoms with Crippen LogP contribution in [0.25, 0.3) is 0 Å². The first-order chi connectivity index (χ1) is 9.77. The van der Waals surface area contributed by atoms with Crippen LogP contribution in [0.2, 0.25) is 5.02 Å². The van der Waals surface area contributed by atoms with E-state index < -0.39 is 23.8 Å². The summed E-state index contributed by atoms with van der Waals surface area (Å²) in [6.45, 7) is 0. The van der Waals surface area contributed by atoms with Gasteiger partial charge in [-0.2, -0.15) is 13.2 Å². The summed E-state index contributed by atoms with van der Waals surface area (Å²) in [5, 5.41) is 0.131. The van der Waals surface area contributed by atoms with E-state index in [-0.39, 0.29) is 30.1 Å². The molecule has 1 aromatic rings. The SMILES string of the molecule is O=C(Cc1ccc(F)cc1Cl)C1CCCC(C(F)(F)F)C1. The van der Waals surface area contributed by atoms with Gasteiger partial charge in [-0.15, -0.1) is 0 Å². The average molecular weight is 323 g/mol. The number of benzene rings is 1. The van der Waals surface area contributed by atoms with Gasteiger partial charge in [-0.05, 0) is 37.0 Å². The van der Waals surface area contributed by atoms with Gasteiger partial charge in [-0.1, -0.05) is 24.1 Å². The molecule has 0 saturated heterocycles. The molecule has 0 radical (unpaired) electrons. The summed E-state index contributed by atoms with van der Waals surface area (Å²) in [6, 6.07) is 3.69. The fourth-order valence-corrected chi connectivity index (χ4v) is 3.01. The lowest BCUT2D eigenvalue weighted by atomic mass is 9.78. The van der Waals surface area contributed by atoms with Gasteiger partial charge in [0.15, 0.2) is 0 Å². The van der Waals surface area contributed by atoms with Gasteiger partial charge in [0.05, 0.1) is 5.92 Å². The lowest BCUT2D eigenvalue weighted by Gasteiger charge is -2.29. The zero-order valence-corrected chi connectivity index (χ0v) is 12.0. The molecular formula is C15H15ClF4O. The van der Waals surface area contributed by atoms with E-state index in [0.717, 1.165) is 6.07 Å². The highest BCUT2D eigenvalue weighted by Gasteiger charge is 2.43. The van der Waals surface area contributed by atoms with Crippen LogP contribution >= 0.6 is 11.6 Å². The fraction of sp³-hybridized carbons (Fsp3) is 0.533. The molecule has 0 bridgehead atoms. The van der Waals surface area contributed by atoms with Gasteiger partial charge in [0, 0.05) is 17.4 Å². The van der Waals surface area contributed by atoms with Crippen molar-refractivity contribution in [2.24, 2.45) is 11.8 Å². The number of hydrogen-bond donors (Lipinski definition) is 0. The Balaban J connectivity index is 2.03. The standard InChI is InChI=1S/C15H15ClF4O/c16-13-8-12(17)5-4-9(13)7-14(21)10-2-1-3-11(6-10)15(18,19)20/h4-5,8,10-11H,1-3,6-7H2. The number of halogens is 5.